The Hall–Kier alpha value is -1.55. The van der Waals surface area contributed by atoms with Crippen LogP contribution in [-0.2, 0) is 6.42 Å². The summed E-state index contributed by atoms with van der Waals surface area (Å²) in [4.78, 5) is 9.70. The minimum absolute atomic E-state index is 0.638. The van der Waals surface area contributed by atoms with Crippen LogP contribution < -0.4 is 5.32 Å². The predicted molar refractivity (Wildman–Crippen MR) is 109 cm³/mol. The fourth-order valence-electron chi connectivity index (χ4n) is 4.98. The normalized spacial score (nSPS) is 25.7. The summed E-state index contributed by atoms with van der Waals surface area (Å²) in [5, 5.41) is 3.68. The number of likely N-dealkylation sites (tertiary alicyclic amines) is 2. The molecule has 0 aromatic heterocycles. The first kappa shape index (κ1) is 17.8. The number of hydrogen-bond donors (Lipinski definition) is 1. The molecule has 0 amide bonds. The average molecular weight is 355 g/mol. The molecule has 1 aromatic carbocycles. The van der Waals surface area contributed by atoms with Crippen molar-refractivity contribution in [2.45, 2.75) is 38.5 Å². The van der Waals surface area contributed by atoms with Gasteiger partial charge in [-0.2, -0.15) is 0 Å². The zero-order valence-electron chi connectivity index (χ0n) is 16.3. The molecular formula is C22H34N4. The monoisotopic (exact) mass is 354 g/mol. The van der Waals surface area contributed by atoms with E-state index >= 15 is 0 Å². The van der Waals surface area contributed by atoms with Crippen LogP contribution in [-0.4, -0.2) is 62.1 Å². The van der Waals surface area contributed by atoms with Crippen molar-refractivity contribution in [2.24, 2.45) is 16.3 Å². The van der Waals surface area contributed by atoms with E-state index in [0.717, 1.165) is 18.4 Å². The van der Waals surface area contributed by atoms with Gasteiger partial charge in [0.1, 0.15) is 0 Å². The summed E-state index contributed by atoms with van der Waals surface area (Å²) in [6.07, 6.45) is 8.13. The topological polar surface area (TPSA) is 30.9 Å². The second-order valence-electron chi connectivity index (χ2n) is 8.64. The van der Waals surface area contributed by atoms with Gasteiger partial charge >= 0.3 is 0 Å². The smallest absolute Gasteiger partial charge is 0.193 e. The number of nitrogens with one attached hydrogen (secondary N) is 1. The molecule has 1 aliphatic carbocycles. The molecule has 3 aliphatic rings. The minimum Gasteiger partial charge on any atom is -0.356 e. The highest BCUT2D eigenvalue weighted by Crippen LogP contribution is 2.47. The van der Waals surface area contributed by atoms with Crippen LogP contribution in [0.15, 0.2) is 35.3 Å². The van der Waals surface area contributed by atoms with Crippen LogP contribution in [0, 0.1) is 11.3 Å². The Bertz CT molecular complexity index is 608. The summed E-state index contributed by atoms with van der Waals surface area (Å²) < 4.78 is 0. The molecule has 26 heavy (non-hydrogen) atoms. The van der Waals surface area contributed by atoms with E-state index in [-0.39, 0.29) is 0 Å². The lowest BCUT2D eigenvalue weighted by Gasteiger charge is -2.38. The van der Waals surface area contributed by atoms with Crippen molar-refractivity contribution in [2.75, 3.05) is 46.3 Å². The number of hydrogen-bond acceptors (Lipinski definition) is 2. The summed E-state index contributed by atoms with van der Waals surface area (Å²) in [6, 6.07) is 10.9. The van der Waals surface area contributed by atoms with Crippen LogP contribution in [0.5, 0.6) is 0 Å². The van der Waals surface area contributed by atoms with Crippen molar-refractivity contribution < 1.29 is 0 Å². The lowest BCUT2D eigenvalue weighted by Crippen LogP contribution is -2.44. The first-order valence-corrected chi connectivity index (χ1v) is 10.5. The molecule has 1 aromatic rings. The predicted octanol–water partition coefficient (Wildman–Crippen LogP) is 3.00. The Kier molecular flexibility index (Phi) is 5.49. The molecule has 4 nitrogen and oxygen atoms in total. The maximum absolute atomic E-state index is 4.57. The third-order valence-corrected chi connectivity index (χ3v) is 6.84. The van der Waals surface area contributed by atoms with Gasteiger partial charge in [0, 0.05) is 39.8 Å². The maximum atomic E-state index is 4.57. The first-order valence-electron chi connectivity index (χ1n) is 10.5. The third kappa shape index (κ3) is 4.06. The van der Waals surface area contributed by atoms with Gasteiger partial charge in [0.05, 0.1) is 0 Å². The molecule has 3 fully saturated rings. The Morgan fingerprint density at radius 1 is 1.19 bits per heavy atom. The molecule has 1 atom stereocenters. The van der Waals surface area contributed by atoms with Gasteiger partial charge in [-0.3, -0.25) is 4.99 Å². The van der Waals surface area contributed by atoms with E-state index in [4.69, 9.17) is 0 Å². The Labute approximate surface area is 158 Å². The van der Waals surface area contributed by atoms with Crippen molar-refractivity contribution >= 4 is 5.96 Å². The quantitative estimate of drug-likeness (QED) is 0.651. The molecule has 0 bridgehead atoms. The molecule has 2 aliphatic heterocycles. The summed E-state index contributed by atoms with van der Waals surface area (Å²) >= 11 is 0. The fourth-order valence-corrected chi connectivity index (χ4v) is 4.98. The van der Waals surface area contributed by atoms with Crippen LogP contribution >= 0.6 is 0 Å². The summed E-state index contributed by atoms with van der Waals surface area (Å²) in [6.45, 7) is 7.13. The minimum atomic E-state index is 0.638. The summed E-state index contributed by atoms with van der Waals surface area (Å²) in [5.41, 5.74) is 2.09. The van der Waals surface area contributed by atoms with E-state index < -0.39 is 0 Å². The first-order chi connectivity index (χ1) is 12.8. The van der Waals surface area contributed by atoms with Gasteiger partial charge in [0.2, 0.25) is 0 Å². The van der Waals surface area contributed by atoms with Crippen molar-refractivity contribution in [1.82, 2.24) is 15.1 Å². The highest BCUT2D eigenvalue weighted by Gasteiger charge is 2.43. The zero-order valence-corrected chi connectivity index (χ0v) is 16.3. The van der Waals surface area contributed by atoms with Crippen LogP contribution in [0.25, 0.3) is 0 Å². The Morgan fingerprint density at radius 2 is 2.04 bits per heavy atom. The zero-order chi connectivity index (χ0) is 17.8. The highest BCUT2D eigenvalue weighted by atomic mass is 15.3. The molecule has 1 spiro atoms. The molecule has 1 saturated carbocycles. The number of aliphatic imine (C=N–C) groups is 1. The average Bonchev–Trinajstić information content (AvgIpc) is 3.29. The van der Waals surface area contributed by atoms with Gasteiger partial charge in [0.25, 0.3) is 0 Å². The van der Waals surface area contributed by atoms with E-state index in [9.17, 15) is 0 Å². The molecule has 2 saturated heterocycles. The lowest BCUT2D eigenvalue weighted by atomic mass is 9.68. The number of benzene rings is 1. The van der Waals surface area contributed by atoms with Gasteiger partial charge in [-0.05, 0) is 55.5 Å². The van der Waals surface area contributed by atoms with Crippen molar-refractivity contribution in [3.63, 3.8) is 0 Å². The molecule has 4 rings (SSSR count). The fraction of sp³-hybridized carbons (Fsp3) is 0.682. The highest BCUT2D eigenvalue weighted by molar-refractivity contribution is 5.80. The summed E-state index contributed by atoms with van der Waals surface area (Å²) in [7, 11) is 1.94. The van der Waals surface area contributed by atoms with E-state index in [2.05, 4.69) is 50.4 Å². The lowest BCUT2D eigenvalue weighted by molar-refractivity contribution is 0.151. The SMILES string of the molecule is CN=C(NCC1CCN(CCc2ccccc2)C1)N1CCC2(CCC2)C1. The number of guanidine groups is 1. The van der Waals surface area contributed by atoms with Crippen LogP contribution in [0.3, 0.4) is 0 Å². The Morgan fingerprint density at radius 3 is 2.73 bits per heavy atom. The van der Waals surface area contributed by atoms with Crippen LogP contribution in [0.4, 0.5) is 0 Å². The molecule has 0 radical (unpaired) electrons. The van der Waals surface area contributed by atoms with Gasteiger partial charge in [-0.1, -0.05) is 36.8 Å². The number of rotatable bonds is 5. The summed E-state index contributed by atoms with van der Waals surface area (Å²) in [5.74, 6) is 1.89. The van der Waals surface area contributed by atoms with Crippen molar-refractivity contribution in [3.8, 4) is 0 Å². The standard InChI is InChI=1S/C22H34N4/c1-23-21(26-15-12-22(18-26)10-5-11-22)24-16-20-9-14-25(17-20)13-8-19-6-3-2-4-7-19/h2-4,6-7,20H,5,8-18H2,1H3,(H,23,24). The van der Waals surface area contributed by atoms with E-state index in [0.29, 0.717) is 5.41 Å². The van der Waals surface area contributed by atoms with Gasteiger partial charge in [-0.25, -0.2) is 0 Å². The third-order valence-electron chi connectivity index (χ3n) is 6.84. The molecule has 1 N–H and O–H groups in total. The second-order valence-corrected chi connectivity index (χ2v) is 8.64. The second kappa shape index (κ2) is 7.99. The van der Waals surface area contributed by atoms with E-state index in [1.165, 1.54) is 76.8 Å². The van der Waals surface area contributed by atoms with Crippen molar-refractivity contribution in [1.29, 1.82) is 0 Å². The molecule has 2 heterocycles. The number of nitrogens with zero attached hydrogens (tertiary/aromatic N) is 3. The van der Waals surface area contributed by atoms with Crippen LogP contribution in [0.1, 0.15) is 37.7 Å². The molecule has 4 heteroatoms. The molecular weight excluding hydrogens is 320 g/mol. The van der Waals surface area contributed by atoms with Gasteiger partial charge < -0.3 is 15.1 Å². The van der Waals surface area contributed by atoms with Gasteiger partial charge in [-0.15, -0.1) is 0 Å². The molecule has 142 valence electrons. The molecule has 1 unspecified atom stereocenters. The van der Waals surface area contributed by atoms with E-state index in [1.807, 2.05) is 7.05 Å². The van der Waals surface area contributed by atoms with Crippen LogP contribution in [0.2, 0.25) is 0 Å². The van der Waals surface area contributed by atoms with Crippen molar-refractivity contribution in [3.05, 3.63) is 35.9 Å². The maximum Gasteiger partial charge on any atom is 0.193 e. The van der Waals surface area contributed by atoms with E-state index in [1.54, 1.807) is 0 Å². The van der Waals surface area contributed by atoms with Gasteiger partial charge in [0.15, 0.2) is 5.96 Å². The Balaban J connectivity index is 1.19. The largest absolute Gasteiger partial charge is 0.356 e.